The number of rotatable bonds is 3. The fraction of sp³-hybridized carbons (Fsp3) is 0.263. The third kappa shape index (κ3) is 6.61. The normalized spacial score (nSPS) is 8.42. The summed E-state index contributed by atoms with van der Waals surface area (Å²) in [5.41, 5.74) is 3.70. The van der Waals surface area contributed by atoms with E-state index in [1.54, 1.807) is 0 Å². The van der Waals surface area contributed by atoms with Gasteiger partial charge in [0.25, 0.3) is 0 Å². The Kier molecular flexibility index (Phi) is 10.2. The summed E-state index contributed by atoms with van der Waals surface area (Å²) in [4.78, 5) is 0. The van der Waals surface area contributed by atoms with Crippen molar-refractivity contribution in [3.8, 4) is 0 Å². The second-order valence-corrected chi connectivity index (χ2v) is 3.63. The van der Waals surface area contributed by atoms with E-state index in [1.165, 1.54) is 16.7 Å². The Hall–Kier alpha value is -1.82. The molecule has 0 spiro atoms. The van der Waals surface area contributed by atoms with Crippen molar-refractivity contribution >= 4 is 5.57 Å². The summed E-state index contributed by atoms with van der Waals surface area (Å²) >= 11 is 0. The smallest absolute Gasteiger partial charge is 0.00257 e. The molecule has 0 fully saturated rings. The van der Waals surface area contributed by atoms with E-state index >= 15 is 0 Å². The number of hydrogen-bond donors (Lipinski definition) is 0. The zero-order valence-electron chi connectivity index (χ0n) is 12.7. The quantitative estimate of drug-likeness (QED) is 0.630. The largest absolute Gasteiger partial charge is 0.0949 e. The van der Waals surface area contributed by atoms with Gasteiger partial charge in [-0.2, -0.15) is 0 Å². The highest BCUT2D eigenvalue weighted by atomic mass is 14.0. The van der Waals surface area contributed by atoms with Crippen LogP contribution in [0.3, 0.4) is 0 Å². The summed E-state index contributed by atoms with van der Waals surface area (Å²) in [6.07, 6.45) is 0.921. The van der Waals surface area contributed by atoms with Crippen LogP contribution in [0.25, 0.3) is 5.57 Å². The lowest BCUT2D eigenvalue weighted by Crippen LogP contribution is -1.88. The molecule has 0 saturated carbocycles. The molecule has 19 heavy (non-hydrogen) atoms. The molecule has 0 atom stereocenters. The molecule has 0 aliphatic heterocycles. The first-order chi connectivity index (χ1) is 9.36. The number of benzene rings is 2. The second-order valence-electron chi connectivity index (χ2n) is 3.63. The molecule has 0 heteroatoms. The average Bonchev–Trinajstić information content (AvgIpc) is 2.53. The van der Waals surface area contributed by atoms with Crippen molar-refractivity contribution in [3.63, 3.8) is 0 Å². The van der Waals surface area contributed by atoms with Crippen LogP contribution >= 0.6 is 0 Å². The molecular formula is C19H26. The van der Waals surface area contributed by atoms with Gasteiger partial charge in [-0.1, -0.05) is 94.9 Å². The van der Waals surface area contributed by atoms with Crippen LogP contribution < -0.4 is 0 Å². The minimum atomic E-state index is 0.921. The fourth-order valence-electron chi connectivity index (χ4n) is 1.62. The highest BCUT2D eigenvalue weighted by Gasteiger charge is 1.98. The Bertz CT molecular complexity index is 426. The lowest BCUT2D eigenvalue weighted by molar-refractivity contribution is 1.29. The SMILES string of the molecule is C=C(Cc1ccccc1)c1ccccc1.CC.CC. The van der Waals surface area contributed by atoms with E-state index in [2.05, 4.69) is 43.0 Å². The second kappa shape index (κ2) is 11.3. The van der Waals surface area contributed by atoms with Crippen LogP contribution in [-0.2, 0) is 6.42 Å². The van der Waals surface area contributed by atoms with Crippen molar-refractivity contribution in [1.82, 2.24) is 0 Å². The minimum absolute atomic E-state index is 0.921. The van der Waals surface area contributed by atoms with Gasteiger partial charge in [-0.15, -0.1) is 0 Å². The first-order valence-corrected chi connectivity index (χ1v) is 7.13. The van der Waals surface area contributed by atoms with E-state index in [1.807, 2.05) is 52.0 Å². The van der Waals surface area contributed by atoms with Gasteiger partial charge in [0.1, 0.15) is 0 Å². The predicted molar refractivity (Wildman–Crippen MR) is 88.3 cm³/mol. The van der Waals surface area contributed by atoms with Gasteiger partial charge in [-0.3, -0.25) is 0 Å². The Morgan fingerprint density at radius 3 is 1.63 bits per heavy atom. The Labute approximate surface area is 118 Å². The fourth-order valence-corrected chi connectivity index (χ4v) is 1.62. The first kappa shape index (κ1) is 17.2. The third-order valence-corrected chi connectivity index (χ3v) is 2.44. The maximum absolute atomic E-state index is 4.12. The van der Waals surface area contributed by atoms with Crippen LogP contribution in [0.15, 0.2) is 67.2 Å². The summed E-state index contributed by atoms with van der Waals surface area (Å²) in [5, 5.41) is 0. The molecule has 102 valence electrons. The standard InChI is InChI=1S/C15H14.2C2H6/c1-13(15-10-6-3-7-11-15)12-14-8-4-2-5-9-14;2*1-2/h2-11H,1,12H2;2*1-2H3. The lowest BCUT2D eigenvalue weighted by atomic mass is 10.00. The highest BCUT2D eigenvalue weighted by molar-refractivity contribution is 5.65. The van der Waals surface area contributed by atoms with Crippen LogP contribution in [0.1, 0.15) is 38.8 Å². The zero-order valence-corrected chi connectivity index (χ0v) is 12.7. The Morgan fingerprint density at radius 1 is 0.737 bits per heavy atom. The van der Waals surface area contributed by atoms with E-state index in [9.17, 15) is 0 Å². The first-order valence-electron chi connectivity index (χ1n) is 7.13. The molecule has 0 radical (unpaired) electrons. The molecule has 2 aromatic carbocycles. The summed E-state index contributed by atoms with van der Waals surface area (Å²) in [5.74, 6) is 0. The molecule has 0 aliphatic carbocycles. The van der Waals surface area contributed by atoms with E-state index in [4.69, 9.17) is 0 Å². The monoisotopic (exact) mass is 254 g/mol. The molecular weight excluding hydrogens is 228 g/mol. The molecule has 0 unspecified atom stereocenters. The van der Waals surface area contributed by atoms with E-state index in [-0.39, 0.29) is 0 Å². The Morgan fingerprint density at radius 2 is 1.16 bits per heavy atom. The van der Waals surface area contributed by atoms with Gasteiger partial charge >= 0.3 is 0 Å². The van der Waals surface area contributed by atoms with Crippen LogP contribution in [0.4, 0.5) is 0 Å². The average molecular weight is 254 g/mol. The van der Waals surface area contributed by atoms with Crippen LogP contribution in [-0.4, -0.2) is 0 Å². The maximum Gasteiger partial charge on any atom is -0.00257 e. The van der Waals surface area contributed by atoms with Gasteiger partial charge in [0.15, 0.2) is 0 Å². The number of hydrogen-bond acceptors (Lipinski definition) is 0. The van der Waals surface area contributed by atoms with Crippen LogP contribution in [0.2, 0.25) is 0 Å². The van der Waals surface area contributed by atoms with Crippen LogP contribution in [0.5, 0.6) is 0 Å². The van der Waals surface area contributed by atoms with Crippen molar-refractivity contribution in [2.24, 2.45) is 0 Å². The summed E-state index contributed by atoms with van der Waals surface area (Å²) in [6.45, 7) is 12.1. The molecule has 0 saturated heterocycles. The van der Waals surface area contributed by atoms with Crippen molar-refractivity contribution in [1.29, 1.82) is 0 Å². The maximum atomic E-state index is 4.12. The van der Waals surface area contributed by atoms with Crippen molar-refractivity contribution in [2.45, 2.75) is 34.1 Å². The summed E-state index contributed by atoms with van der Waals surface area (Å²) < 4.78 is 0. The van der Waals surface area contributed by atoms with Gasteiger partial charge in [-0.25, -0.2) is 0 Å². The van der Waals surface area contributed by atoms with Gasteiger partial charge in [0.2, 0.25) is 0 Å². The molecule has 0 nitrogen and oxygen atoms in total. The van der Waals surface area contributed by atoms with Crippen molar-refractivity contribution in [3.05, 3.63) is 78.4 Å². The molecule has 2 rings (SSSR count). The molecule has 0 bridgehead atoms. The van der Waals surface area contributed by atoms with Crippen molar-refractivity contribution in [2.75, 3.05) is 0 Å². The predicted octanol–water partition coefficient (Wildman–Crippen LogP) is 5.99. The zero-order chi connectivity index (χ0) is 14.5. The highest BCUT2D eigenvalue weighted by Crippen LogP contribution is 2.16. The molecule has 0 aliphatic rings. The van der Waals surface area contributed by atoms with Gasteiger partial charge < -0.3 is 0 Å². The Balaban J connectivity index is 0.000000741. The lowest BCUT2D eigenvalue weighted by Gasteiger charge is -2.05. The topological polar surface area (TPSA) is 0 Å². The van der Waals surface area contributed by atoms with E-state index < -0.39 is 0 Å². The molecule has 2 aromatic rings. The van der Waals surface area contributed by atoms with E-state index in [0.717, 1.165) is 6.42 Å². The van der Waals surface area contributed by atoms with Gasteiger partial charge in [0.05, 0.1) is 0 Å². The number of allylic oxidation sites excluding steroid dienone is 1. The van der Waals surface area contributed by atoms with Gasteiger partial charge in [0, 0.05) is 0 Å². The summed E-state index contributed by atoms with van der Waals surface area (Å²) in [6, 6.07) is 20.8. The minimum Gasteiger partial charge on any atom is -0.0949 e. The van der Waals surface area contributed by atoms with Crippen LogP contribution in [0, 0.1) is 0 Å². The van der Waals surface area contributed by atoms with Crippen molar-refractivity contribution < 1.29 is 0 Å². The summed E-state index contributed by atoms with van der Waals surface area (Å²) in [7, 11) is 0. The van der Waals surface area contributed by atoms with E-state index in [0.29, 0.717) is 0 Å². The third-order valence-electron chi connectivity index (χ3n) is 2.44. The van der Waals surface area contributed by atoms with Gasteiger partial charge in [-0.05, 0) is 23.1 Å². The molecule has 0 heterocycles. The molecule has 0 amide bonds. The molecule has 0 aromatic heterocycles. The molecule has 0 N–H and O–H groups in total.